The summed E-state index contributed by atoms with van der Waals surface area (Å²) in [5.41, 5.74) is 7.19. The largest absolute Gasteiger partial charge is 0.483 e. The normalized spacial score (nSPS) is 15.2. The van der Waals surface area contributed by atoms with E-state index in [4.69, 9.17) is 4.74 Å². The van der Waals surface area contributed by atoms with Crippen molar-refractivity contribution in [3.05, 3.63) is 58.9 Å². The summed E-state index contributed by atoms with van der Waals surface area (Å²) >= 11 is 0. The van der Waals surface area contributed by atoms with Crippen molar-refractivity contribution < 1.29 is 23.5 Å². The lowest BCUT2D eigenvalue weighted by Gasteiger charge is -2.24. The molecule has 0 aromatic heterocycles. The van der Waals surface area contributed by atoms with E-state index in [1.165, 1.54) is 12.1 Å². The van der Waals surface area contributed by atoms with Crippen LogP contribution >= 0.6 is 0 Å². The number of ether oxygens (including phenoxy) is 1. The third-order valence-electron chi connectivity index (χ3n) is 4.40. The fourth-order valence-corrected chi connectivity index (χ4v) is 2.93. The molecule has 1 aliphatic rings. The van der Waals surface area contributed by atoms with E-state index < -0.39 is 29.5 Å². The zero-order chi connectivity index (χ0) is 20.3. The molecule has 8 heteroatoms. The summed E-state index contributed by atoms with van der Waals surface area (Å²) < 4.78 is 18.8. The predicted octanol–water partition coefficient (Wildman–Crippen LogP) is 2.09. The van der Waals surface area contributed by atoms with Gasteiger partial charge < -0.3 is 10.1 Å². The van der Waals surface area contributed by atoms with Crippen LogP contribution in [-0.4, -0.2) is 24.3 Å². The maximum atomic E-state index is 13.4. The lowest BCUT2D eigenvalue weighted by molar-refractivity contribution is -0.131. The number of amides is 3. The number of hydrogen-bond acceptors (Lipinski definition) is 4. The fraction of sp³-hybridized carbons (Fsp3) is 0.250. The van der Waals surface area contributed by atoms with E-state index in [-0.39, 0.29) is 18.7 Å². The second kappa shape index (κ2) is 8.08. The molecule has 3 rings (SSSR count). The monoisotopic (exact) mass is 385 g/mol. The van der Waals surface area contributed by atoms with Crippen LogP contribution in [0.2, 0.25) is 0 Å². The third kappa shape index (κ3) is 4.46. The molecule has 28 heavy (non-hydrogen) atoms. The van der Waals surface area contributed by atoms with Gasteiger partial charge in [-0.05, 0) is 48.7 Å². The van der Waals surface area contributed by atoms with Crippen molar-refractivity contribution >= 4 is 23.4 Å². The van der Waals surface area contributed by atoms with Gasteiger partial charge in [0.15, 0.2) is 6.61 Å². The summed E-state index contributed by atoms with van der Waals surface area (Å²) in [5.74, 6) is -2.28. The van der Waals surface area contributed by atoms with Crippen molar-refractivity contribution in [3.8, 4) is 5.75 Å². The first kappa shape index (κ1) is 19.3. The molecule has 2 aromatic carbocycles. The molecule has 146 valence electrons. The summed E-state index contributed by atoms with van der Waals surface area (Å²) in [5, 5.41) is 2.53. The summed E-state index contributed by atoms with van der Waals surface area (Å²) in [4.78, 5) is 36.2. The SMILES string of the molecule is Cc1ccc(C)c(OCC(=O)NNC(=O)[C@H]2CC(=O)Nc3cc(F)ccc32)c1. The number of fused-ring (bicyclic) bond motifs is 1. The standard InChI is InChI=1S/C20H20FN3O4/c1-11-3-4-12(2)17(7-11)28-10-19(26)23-24-20(27)15-9-18(25)22-16-8-13(21)5-6-14(15)16/h3-8,15H,9-10H2,1-2H3,(H,22,25)(H,23,26)(H,24,27)/t15-/m0/s1. The van der Waals surface area contributed by atoms with E-state index in [1.54, 1.807) is 0 Å². The Labute approximate surface area is 161 Å². The number of nitrogens with one attached hydrogen (secondary N) is 3. The number of anilines is 1. The Morgan fingerprint density at radius 1 is 1.18 bits per heavy atom. The molecule has 1 heterocycles. The molecule has 3 N–H and O–H groups in total. The number of hydrogen-bond donors (Lipinski definition) is 3. The number of benzene rings is 2. The van der Waals surface area contributed by atoms with Crippen LogP contribution in [0.5, 0.6) is 5.75 Å². The van der Waals surface area contributed by atoms with E-state index in [9.17, 15) is 18.8 Å². The molecular formula is C20H20FN3O4. The van der Waals surface area contributed by atoms with Crippen LogP contribution < -0.4 is 20.9 Å². The van der Waals surface area contributed by atoms with Gasteiger partial charge in [0.25, 0.3) is 5.91 Å². The Morgan fingerprint density at radius 2 is 1.96 bits per heavy atom. The summed E-state index contributed by atoms with van der Waals surface area (Å²) in [6.45, 7) is 3.50. The minimum Gasteiger partial charge on any atom is -0.483 e. The van der Waals surface area contributed by atoms with Crippen molar-refractivity contribution in [2.24, 2.45) is 0 Å². The Kier molecular flexibility index (Phi) is 5.58. The molecule has 2 aromatic rings. The molecule has 0 aliphatic carbocycles. The Morgan fingerprint density at radius 3 is 2.75 bits per heavy atom. The molecule has 1 atom stereocenters. The Hall–Kier alpha value is -3.42. The number of aryl methyl sites for hydroxylation is 2. The summed E-state index contributed by atoms with van der Waals surface area (Å²) in [6.07, 6.45) is -0.0979. The molecule has 0 saturated carbocycles. The summed E-state index contributed by atoms with van der Waals surface area (Å²) in [6, 6.07) is 9.46. The smallest absolute Gasteiger partial charge is 0.276 e. The van der Waals surface area contributed by atoms with Gasteiger partial charge in [-0.3, -0.25) is 25.2 Å². The van der Waals surface area contributed by atoms with E-state index >= 15 is 0 Å². The second-order valence-corrected chi connectivity index (χ2v) is 6.63. The fourth-order valence-electron chi connectivity index (χ4n) is 2.93. The lowest BCUT2D eigenvalue weighted by atomic mass is 9.90. The highest BCUT2D eigenvalue weighted by atomic mass is 19.1. The van der Waals surface area contributed by atoms with Crippen LogP contribution in [0, 0.1) is 19.7 Å². The third-order valence-corrected chi connectivity index (χ3v) is 4.40. The average molecular weight is 385 g/mol. The number of carbonyl (C=O) groups is 3. The van der Waals surface area contributed by atoms with E-state index in [2.05, 4.69) is 16.2 Å². The van der Waals surface area contributed by atoms with Crippen molar-refractivity contribution in [2.45, 2.75) is 26.2 Å². The number of carbonyl (C=O) groups excluding carboxylic acids is 3. The van der Waals surface area contributed by atoms with Crippen LogP contribution in [0.15, 0.2) is 36.4 Å². The molecule has 0 bridgehead atoms. The maximum Gasteiger partial charge on any atom is 0.276 e. The van der Waals surface area contributed by atoms with Crippen molar-refractivity contribution in [2.75, 3.05) is 11.9 Å². The number of hydrazine groups is 1. The minimum atomic E-state index is -0.829. The number of halogens is 1. The average Bonchev–Trinajstić information content (AvgIpc) is 2.65. The maximum absolute atomic E-state index is 13.4. The van der Waals surface area contributed by atoms with Crippen molar-refractivity contribution in [1.82, 2.24) is 10.9 Å². The highest BCUT2D eigenvalue weighted by Gasteiger charge is 2.31. The molecule has 0 spiro atoms. The summed E-state index contributed by atoms with van der Waals surface area (Å²) in [7, 11) is 0. The van der Waals surface area contributed by atoms with Crippen LogP contribution in [0.25, 0.3) is 0 Å². The number of rotatable bonds is 4. The van der Waals surface area contributed by atoms with E-state index in [0.29, 0.717) is 11.3 Å². The Balaban J connectivity index is 1.57. The zero-order valence-electron chi connectivity index (χ0n) is 15.5. The first-order valence-electron chi connectivity index (χ1n) is 8.71. The van der Waals surface area contributed by atoms with Crippen molar-refractivity contribution in [3.63, 3.8) is 0 Å². The molecule has 0 radical (unpaired) electrons. The first-order valence-corrected chi connectivity index (χ1v) is 8.71. The highest BCUT2D eigenvalue weighted by Crippen LogP contribution is 2.32. The van der Waals surface area contributed by atoms with Gasteiger partial charge in [0.05, 0.1) is 5.92 Å². The van der Waals surface area contributed by atoms with E-state index in [0.717, 1.165) is 17.2 Å². The van der Waals surface area contributed by atoms with Gasteiger partial charge in [0.1, 0.15) is 11.6 Å². The molecule has 0 fully saturated rings. The predicted molar refractivity (Wildman–Crippen MR) is 100 cm³/mol. The molecule has 0 unspecified atom stereocenters. The van der Waals surface area contributed by atoms with Crippen LogP contribution in [0.4, 0.5) is 10.1 Å². The van der Waals surface area contributed by atoms with Gasteiger partial charge in [-0.25, -0.2) is 4.39 Å². The van der Waals surface area contributed by atoms with Gasteiger partial charge in [-0.15, -0.1) is 0 Å². The van der Waals surface area contributed by atoms with Crippen LogP contribution in [0.1, 0.15) is 29.0 Å². The van der Waals surface area contributed by atoms with Crippen LogP contribution in [-0.2, 0) is 14.4 Å². The molecule has 1 aliphatic heterocycles. The Bertz CT molecular complexity index is 945. The lowest BCUT2D eigenvalue weighted by Crippen LogP contribution is -2.47. The van der Waals surface area contributed by atoms with Crippen molar-refractivity contribution in [1.29, 1.82) is 0 Å². The van der Waals surface area contributed by atoms with Gasteiger partial charge >= 0.3 is 0 Å². The zero-order valence-corrected chi connectivity index (χ0v) is 15.5. The van der Waals surface area contributed by atoms with Gasteiger partial charge in [0, 0.05) is 12.1 Å². The van der Waals surface area contributed by atoms with Crippen LogP contribution in [0.3, 0.4) is 0 Å². The first-order chi connectivity index (χ1) is 13.3. The molecule has 7 nitrogen and oxygen atoms in total. The minimum absolute atomic E-state index is 0.0979. The van der Waals surface area contributed by atoms with Gasteiger partial charge in [0.2, 0.25) is 11.8 Å². The topological polar surface area (TPSA) is 96.5 Å². The van der Waals surface area contributed by atoms with Gasteiger partial charge in [-0.1, -0.05) is 18.2 Å². The second-order valence-electron chi connectivity index (χ2n) is 6.63. The molecular weight excluding hydrogens is 365 g/mol. The highest BCUT2D eigenvalue weighted by molar-refractivity contribution is 6.01. The quantitative estimate of drug-likeness (QED) is 0.702. The van der Waals surface area contributed by atoms with Gasteiger partial charge in [-0.2, -0.15) is 0 Å². The molecule has 3 amide bonds. The molecule has 0 saturated heterocycles. The van der Waals surface area contributed by atoms with E-state index in [1.807, 2.05) is 32.0 Å².